The summed E-state index contributed by atoms with van der Waals surface area (Å²) in [6.07, 6.45) is 8.00. The highest BCUT2D eigenvalue weighted by Gasteiger charge is 2.29. The average molecular weight is 363 g/mol. The van der Waals surface area contributed by atoms with Crippen molar-refractivity contribution in [1.29, 1.82) is 0 Å². The van der Waals surface area contributed by atoms with Crippen molar-refractivity contribution in [3.05, 3.63) is 35.9 Å². The Morgan fingerprint density at radius 1 is 1.04 bits per heavy atom. The Hall–Kier alpha value is -1.55. The molecule has 0 unspecified atom stereocenters. The largest absolute Gasteiger partial charge is 0.449 e. The highest BCUT2D eigenvalue weighted by atomic mass is 16.6. The first-order valence-electron chi connectivity index (χ1n) is 10.2. The van der Waals surface area contributed by atoms with Crippen LogP contribution < -0.4 is 5.73 Å². The van der Waals surface area contributed by atoms with Crippen LogP contribution >= 0.6 is 0 Å². The second-order valence-corrected chi connectivity index (χ2v) is 7.58. The molecule has 0 aliphatic heterocycles. The Labute approximate surface area is 160 Å². The molecule has 4 heteroatoms. The van der Waals surface area contributed by atoms with E-state index in [1.165, 1.54) is 5.56 Å². The molecule has 0 spiro atoms. The van der Waals surface area contributed by atoms with E-state index < -0.39 is 0 Å². The van der Waals surface area contributed by atoms with Gasteiger partial charge in [-0.2, -0.15) is 0 Å². The second kappa shape index (κ2) is 12.7. The summed E-state index contributed by atoms with van der Waals surface area (Å²) in [6.45, 7) is 8.29. The second-order valence-electron chi connectivity index (χ2n) is 7.58. The SMILES string of the molecule is CCC(C)(C)N(CCCCCN)C(=O)OCCCCCc1ccccc1. The molecular weight excluding hydrogens is 324 g/mol. The van der Waals surface area contributed by atoms with Crippen LogP contribution in [0, 0.1) is 0 Å². The molecule has 1 aromatic rings. The summed E-state index contributed by atoms with van der Waals surface area (Å²) in [5, 5.41) is 0. The molecule has 0 saturated carbocycles. The van der Waals surface area contributed by atoms with E-state index in [4.69, 9.17) is 10.5 Å². The molecule has 0 aliphatic rings. The average Bonchev–Trinajstić information content (AvgIpc) is 2.65. The van der Waals surface area contributed by atoms with Crippen molar-refractivity contribution < 1.29 is 9.53 Å². The van der Waals surface area contributed by atoms with Crippen LogP contribution in [-0.4, -0.2) is 36.2 Å². The smallest absolute Gasteiger partial charge is 0.410 e. The molecule has 1 rings (SSSR count). The van der Waals surface area contributed by atoms with Gasteiger partial charge in [-0.05, 0) is 70.9 Å². The first kappa shape index (κ1) is 22.5. The lowest BCUT2D eigenvalue weighted by molar-refractivity contribution is 0.0581. The molecule has 1 aromatic carbocycles. The van der Waals surface area contributed by atoms with Crippen molar-refractivity contribution in [2.75, 3.05) is 19.7 Å². The highest BCUT2D eigenvalue weighted by Crippen LogP contribution is 2.21. The molecule has 1 amide bonds. The van der Waals surface area contributed by atoms with Crippen molar-refractivity contribution in [2.24, 2.45) is 5.73 Å². The van der Waals surface area contributed by atoms with Crippen LogP contribution in [0.1, 0.15) is 71.3 Å². The summed E-state index contributed by atoms with van der Waals surface area (Å²) in [6, 6.07) is 10.5. The number of carbonyl (C=O) groups is 1. The molecule has 0 heterocycles. The van der Waals surface area contributed by atoms with Crippen LogP contribution in [0.4, 0.5) is 4.79 Å². The highest BCUT2D eigenvalue weighted by molar-refractivity contribution is 5.68. The quantitative estimate of drug-likeness (QED) is 0.493. The third-order valence-corrected chi connectivity index (χ3v) is 5.08. The Bertz CT molecular complexity index is 488. The molecule has 0 aliphatic carbocycles. The van der Waals surface area contributed by atoms with E-state index in [2.05, 4.69) is 45.0 Å². The number of nitrogens with two attached hydrogens (primary N) is 1. The van der Waals surface area contributed by atoms with E-state index in [-0.39, 0.29) is 11.6 Å². The summed E-state index contributed by atoms with van der Waals surface area (Å²) in [7, 11) is 0. The van der Waals surface area contributed by atoms with Gasteiger partial charge in [-0.15, -0.1) is 0 Å². The summed E-state index contributed by atoms with van der Waals surface area (Å²) in [4.78, 5) is 14.4. The molecule has 0 aromatic heterocycles. The van der Waals surface area contributed by atoms with Gasteiger partial charge in [0, 0.05) is 12.1 Å². The third-order valence-electron chi connectivity index (χ3n) is 5.08. The molecule has 2 N–H and O–H groups in total. The van der Waals surface area contributed by atoms with E-state index >= 15 is 0 Å². The number of aryl methyl sites for hydroxylation is 1. The van der Waals surface area contributed by atoms with Crippen molar-refractivity contribution in [2.45, 2.75) is 77.7 Å². The number of hydrogen-bond donors (Lipinski definition) is 1. The monoisotopic (exact) mass is 362 g/mol. The maximum atomic E-state index is 12.5. The predicted octanol–water partition coefficient (Wildman–Crippen LogP) is 5.16. The van der Waals surface area contributed by atoms with Gasteiger partial charge in [0.1, 0.15) is 0 Å². The molecule has 26 heavy (non-hydrogen) atoms. The van der Waals surface area contributed by atoms with Crippen molar-refractivity contribution in [1.82, 2.24) is 4.90 Å². The Kier molecular flexibility index (Phi) is 11.0. The zero-order valence-corrected chi connectivity index (χ0v) is 17.0. The molecule has 148 valence electrons. The van der Waals surface area contributed by atoms with Gasteiger partial charge in [0.15, 0.2) is 0 Å². The lowest BCUT2D eigenvalue weighted by Crippen LogP contribution is -2.48. The van der Waals surface area contributed by atoms with Gasteiger partial charge in [0.25, 0.3) is 0 Å². The van der Waals surface area contributed by atoms with Gasteiger partial charge in [0.05, 0.1) is 6.61 Å². The standard InChI is InChI=1S/C22H38N2O2/c1-4-22(2,3)24(18-12-7-11-17-23)21(25)26-19-13-6-10-16-20-14-8-5-9-15-20/h5,8-9,14-15H,4,6-7,10-13,16-19,23H2,1-3H3. The number of hydrogen-bond acceptors (Lipinski definition) is 3. The van der Waals surface area contributed by atoms with Crippen LogP contribution in [0.5, 0.6) is 0 Å². The van der Waals surface area contributed by atoms with Crippen molar-refractivity contribution in [3.63, 3.8) is 0 Å². The van der Waals surface area contributed by atoms with Crippen LogP contribution in [0.2, 0.25) is 0 Å². The van der Waals surface area contributed by atoms with Gasteiger partial charge in [-0.3, -0.25) is 0 Å². The molecule has 0 fully saturated rings. The first-order valence-corrected chi connectivity index (χ1v) is 10.2. The number of rotatable bonds is 13. The summed E-state index contributed by atoms with van der Waals surface area (Å²) >= 11 is 0. The summed E-state index contributed by atoms with van der Waals surface area (Å²) in [5.74, 6) is 0. The number of ether oxygens (including phenoxy) is 1. The zero-order valence-electron chi connectivity index (χ0n) is 17.0. The molecule has 0 bridgehead atoms. The minimum atomic E-state index is -0.174. The predicted molar refractivity (Wildman–Crippen MR) is 109 cm³/mol. The summed E-state index contributed by atoms with van der Waals surface area (Å²) < 4.78 is 5.56. The first-order chi connectivity index (χ1) is 12.5. The van der Waals surface area contributed by atoms with E-state index in [0.29, 0.717) is 13.2 Å². The van der Waals surface area contributed by atoms with E-state index in [0.717, 1.165) is 57.9 Å². The van der Waals surface area contributed by atoms with Gasteiger partial charge in [0.2, 0.25) is 0 Å². The lowest BCUT2D eigenvalue weighted by Gasteiger charge is -2.37. The topological polar surface area (TPSA) is 55.6 Å². The van der Waals surface area contributed by atoms with E-state index in [1.54, 1.807) is 0 Å². The Morgan fingerprint density at radius 3 is 2.38 bits per heavy atom. The Balaban J connectivity index is 2.29. The molecule has 0 saturated heterocycles. The van der Waals surface area contributed by atoms with Gasteiger partial charge in [-0.25, -0.2) is 4.79 Å². The number of benzene rings is 1. The van der Waals surface area contributed by atoms with Crippen molar-refractivity contribution >= 4 is 6.09 Å². The molecule has 4 nitrogen and oxygen atoms in total. The normalized spacial score (nSPS) is 11.4. The zero-order chi connectivity index (χ0) is 19.3. The maximum absolute atomic E-state index is 12.5. The number of unbranched alkanes of at least 4 members (excludes halogenated alkanes) is 4. The molecule has 0 radical (unpaired) electrons. The molecular formula is C22H38N2O2. The number of amides is 1. The Morgan fingerprint density at radius 2 is 1.73 bits per heavy atom. The summed E-state index contributed by atoms with van der Waals surface area (Å²) in [5.41, 5.74) is 6.75. The van der Waals surface area contributed by atoms with Gasteiger partial charge >= 0.3 is 6.09 Å². The van der Waals surface area contributed by atoms with Crippen LogP contribution in [0.25, 0.3) is 0 Å². The van der Waals surface area contributed by atoms with Crippen molar-refractivity contribution in [3.8, 4) is 0 Å². The van der Waals surface area contributed by atoms with Crippen LogP contribution in [0.3, 0.4) is 0 Å². The van der Waals surface area contributed by atoms with Gasteiger partial charge in [-0.1, -0.05) is 43.7 Å². The van der Waals surface area contributed by atoms with Crippen LogP contribution in [-0.2, 0) is 11.2 Å². The maximum Gasteiger partial charge on any atom is 0.410 e. The fourth-order valence-corrected chi connectivity index (χ4v) is 2.91. The van der Waals surface area contributed by atoms with Crippen LogP contribution in [0.15, 0.2) is 30.3 Å². The minimum absolute atomic E-state index is 0.173. The number of carbonyl (C=O) groups excluding carboxylic acids is 1. The van der Waals surface area contributed by atoms with E-state index in [1.807, 2.05) is 11.0 Å². The van der Waals surface area contributed by atoms with Gasteiger partial charge < -0.3 is 15.4 Å². The molecule has 0 atom stereocenters. The van der Waals surface area contributed by atoms with E-state index in [9.17, 15) is 4.79 Å². The fraction of sp³-hybridized carbons (Fsp3) is 0.682. The fourth-order valence-electron chi connectivity index (χ4n) is 2.91. The lowest BCUT2D eigenvalue weighted by atomic mass is 9.99. The number of nitrogens with zero attached hydrogens (tertiary/aromatic N) is 1. The minimum Gasteiger partial charge on any atom is -0.449 e. The third kappa shape index (κ3) is 8.70.